The van der Waals surface area contributed by atoms with E-state index in [0.717, 1.165) is 0 Å². The maximum absolute atomic E-state index is 2.61. The molecule has 0 aromatic heterocycles. The number of fused-ring (bicyclic) bond motifs is 3. The molecular weight excluding hydrogens is 458 g/mol. The largest absolute Gasteiger partial charge is 0.336 e. The summed E-state index contributed by atoms with van der Waals surface area (Å²) in [5.74, 6) is 0.806. The van der Waals surface area contributed by atoms with Crippen molar-refractivity contribution in [1.82, 2.24) is 0 Å². The Morgan fingerprint density at radius 1 is 0.579 bits per heavy atom. The summed E-state index contributed by atoms with van der Waals surface area (Å²) < 4.78 is 0. The molecule has 5 rings (SSSR count). The van der Waals surface area contributed by atoms with Crippen molar-refractivity contribution >= 4 is 11.4 Å². The lowest BCUT2D eigenvalue weighted by molar-refractivity contribution is 0.554. The second-order valence-electron chi connectivity index (χ2n) is 13.1. The molecule has 0 saturated heterocycles. The molecule has 0 spiro atoms. The van der Waals surface area contributed by atoms with E-state index >= 15 is 0 Å². The van der Waals surface area contributed by atoms with E-state index in [2.05, 4.69) is 152 Å². The predicted molar refractivity (Wildman–Crippen MR) is 166 cm³/mol. The van der Waals surface area contributed by atoms with E-state index in [1.165, 1.54) is 55.9 Å². The molecule has 0 N–H and O–H groups in total. The Bertz CT molecular complexity index is 1460. The van der Waals surface area contributed by atoms with Crippen LogP contribution in [0.15, 0.2) is 84.9 Å². The molecule has 0 saturated carbocycles. The Hall–Kier alpha value is -3.32. The molecule has 0 atom stereocenters. The Morgan fingerprint density at radius 3 is 1.82 bits per heavy atom. The van der Waals surface area contributed by atoms with Gasteiger partial charge in [0.1, 0.15) is 0 Å². The zero-order valence-electron chi connectivity index (χ0n) is 24.7. The molecule has 4 aromatic rings. The lowest BCUT2D eigenvalue weighted by atomic mass is 9.80. The van der Waals surface area contributed by atoms with Crippen molar-refractivity contribution in [3.8, 4) is 22.3 Å². The molecule has 0 fully saturated rings. The average Bonchev–Trinajstić information content (AvgIpc) is 3.09. The first-order chi connectivity index (χ1) is 17.9. The van der Waals surface area contributed by atoms with Gasteiger partial charge in [-0.2, -0.15) is 0 Å². The molecule has 1 aliphatic rings. The molecule has 0 bridgehead atoms. The molecule has 0 aliphatic heterocycles. The second-order valence-corrected chi connectivity index (χ2v) is 13.1. The highest BCUT2D eigenvalue weighted by Crippen LogP contribution is 2.53. The fraction of sp³-hybridized carbons (Fsp3) is 0.351. The highest BCUT2D eigenvalue weighted by Gasteiger charge is 2.38. The molecule has 1 nitrogen and oxygen atoms in total. The molecule has 0 radical (unpaired) electrons. The van der Waals surface area contributed by atoms with Gasteiger partial charge >= 0.3 is 0 Å². The number of benzene rings is 4. The van der Waals surface area contributed by atoms with Crippen molar-refractivity contribution in [3.63, 3.8) is 0 Å². The summed E-state index contributed by atoms with van der Waals surface area (Å²) in [5.41, 5.74) is 13.5. The minimum atomic E-state index is -0.108. The van der Waals surface area contributed by atoms with Gasteiger partial charge in [0.05, 0.1) is 0 Å². The van der Waals surface area contributed by atoms with Gasteiger partial charge in [0, 0.05) is 22.3 Å². The standard InChI is InChI=1S/C37H43N/c1-24(2)29-21-27(26-15-11-10-12-16-26)19-20-34(29)38(36(5,6)7)35-23-31-28-17-13-14-18-32(28)37(8,9)33(31)22-30(35)25(3)4/h10-25H,1-9H3. The summed E-state index contributed by atoms with van der Waals surface area (Å²) >= 11 is 0. The predicted octanol–water partition coefficient (Wildman–Crippen LogP) is 10.8. The molecule has 38 heavy (non-hydrogen) atoms. The van der Waals surface area contributed by atoms with Crippen LogP contribution in [0.2, 0.25) is 0 Å². The lowest BCUT2D eigenvalue weighted by Crippen LogP contribution is -2.39. The summed E-state index contributed by atoms with van der Waals surface area (Å²) in [6.45, 7) is 21.1. The van der Waals surface area contributed by atoms with Crippen molar-refractivity contribution in [2.24, 2.45) is 0 Å². The summed E-state index contributed by atoms with van der Waals surface area (Å²) in [5, 5.41) is 0. The van der Waals surface area contributed by atoms with E-state index in [-0.39, 0.29) is 11.0 Å². The van der Waals surface area contributed by atoms with Crippen LogP contribution in [0.25, 0.3) is 22.3 Å². The Labute approximate surface area is 230 Å². The molecular formula is C37H43N. The lowest BCUT2D eigenvalue weighted by Gasteiger charge is -2.42. The van der Waals surface area contributed by atoms with Gasteiger partial charge in [-0.1, -0.05) is 108 Å². The van der Waals surface area contributed by atoms with Crippen molar-refractivity contribution < 1.29 is 0 Å². The summed E-state index contributed by atoms with van der Waals surface area (Å²) in [6.07, 6.45) is 0. The molecule has 0 heterocycles. The van der Waals surface area contributed by atoms with Gasteiger partial charge in [-0.15, -0.1) is 0 Å². The first-order valence-corrected chi connectivity index (χ1v) is 14.2. The van der Waals surface area contributed by atoms with Gasteiger partial charge in [0.25, 0.3) is 0 Å². The van der Waals surface area contributed by atoms with Gasteiger partial charge in [-0.05, 0) is 95.3 Å². The van der Waals surface area contributed by atoms with Gasteiger partial charge < -0.3 is 4.90 Å². The van der Waals surface area contributed by atoms with Crippen LogP contribution in [0.4, 0.5) is 11.4 Å². The number of nitrogens with zero attached hydrogens (tertiary/aromatic N) is 1. The second kappa shape index (κ2) is 9.45. The van der Waals surface area contributed by atoms with E-state index in [9.17, 15) is 0 Å². The third kappa shape index (κ3) is 4.37. The topological polar surface area (TPSA) is 3.24 Å². The zero-order chi connectivity index (χ0) is 27.4. The summed E-state index contributed by atoms with van der Waals surface area (Å²) in [6, 6.07) is 31.8. The van der Waals surface area contributed by atoms with E-state index < -0.39 is 0 Å². The normalized spacial score (nSPS) is 14.1. The number of hydrogen-bond donors (Lipinski definition) is 0. The van der Waals surface area contributed by atoms with Crippen LogP contribution in [-0.2, 0) is 5.41 Å². The van der Waals surface area contributed by atoms with Crippen LogP contribution < -0.4 is 4.90 Å². The van der Waals surface area contributed by atoms with Crippen molar-refractivity contribution in [2.45, 2.75) is 85.1 Å². The first kappa shape index (κ1) is 26.3. The quantitative estimate of drug-likeness (QED) is 0.263. The van der Waals surface area contributed by atoms with Crippen LogP contribution in [0.5, 0.6) is 0 Å². The maximum atomic E-state index is 2.61. The van der Waals surface area contributed by atoms with Gasteiger partial charge in [-0.3, -0.25) is 0 Å². The fourth-order valence-electron chi connectivity index (χ4n) is 6.29. The van der Waals surface area contributed by atoms with Gasteiger partial charge in [0.15, 0.2) is 0 Å². The summed E-state index contributed by atoms with van der Waals surface area (Å²) in [4.78, 5) is 2.61. The SMILES string of the molecule is CC(C)c1cc(-c2ccccc2)ccc1N(c1cc2c(cc1C(C)C)C(C)(C)c1ccccc1-2)C(C)(C)C. The van der Waals surface area contributed by atoms with Crippen LogP contribution in [0.1, 0.15) is 96.4 Å². The molecule has 0 unspecified atom stereocenters. The minimum Gasteiger partial charge on any atom is -0.336 e. The van der Waals surface area contributed by atoms with Crippen molar-refractivity contribution in [1.29, 1.82) is 0 Å². The number of rotatable bonds is 5. The molecule has 1 aliphatic carbocycles. The third-order valence-electron chi connectivity index (χ3n) is 8.26. The van der Waals surface area contributed by atoms with E-state index in [1.807, 2.05) is 0 Å². The van der Waals surface area contributed by atoms with Crippen LogP contribution >= 0.6 is 0 Å². The highest BCUT2D eigenvalue weighted by molar-refractivity contribution is 5.86. The van der Waals surface area contributed by atoms with E-state index in [0.29, 0.717) is 11.8 Å². The number of hydrogen-bond acceptors (Lipinski definition) is 1. The molecule has 196 valence electrons. The van der Waals surface area contributed by atoms with Crippen LogP contribution in [0, 0.1) is 0 Å². The minimum absolute atomic E-state index is 0.00108. The van der Waals surface area contributed by atoms with Crippen LogP contribution in [-0.4, -0.2) is 5.54 Å². The monoisotopic (exact) mass is 501 g/mol. The zero-order valence-corrected chi connectivity index (χ0v) is 24.7. The third-order valence-corrected chi connectivity index (χ3v) is 8.26. The smallest absolute Gasteiger partial charge is 0.0457 e. The fourth-order valence-corrected chi connectivity index (χ4v) is 6.29. The Balaban J connectivity index is 1.77. The van der Waals surface area contributed by atoms with E-state index in [4.69, 9.17) is 0 Å². The first-order valence-electron chi connectivity index (χ1n) is 14.2. The van der Waals surface area contributed by atoms with Crippen LogP contribution in [0.3, 0.4) is 0 Å². The van der Waals surface area contributed by atoms with Gasteiger partial charge in [0.2, 0.25) is 0 Å². The Kier molecular flexibility index (Phi) is 6.54. The molecule has 0 amide bonds. The van der Waals surface area contributed by atoms with Crippen molar-refractivity contribution in [3.05, 3.63) is 107 Å². The van der Waals surface area contributed by atoms with Crippen molar-refractivity contribution in [2.75, 3.05) is 4.90 Å². The van der Waals surface area contributed by atoms with Gasteiger partial charge in [-0.25, -0.2) is 0 Å². The highest BCUT2D eigenvalue weighted by atomic mass is 15.2. The molecule has 4 aromatic carbocycles. The molecule has 1 heteroatoms. The summed E-state index contributed by atoms with van der Waals surface area (Å²) in [7, 11) is 0. The maximum Gasteiger partial charge on any atom is 0.0457 e. The van der Waals surface area contributed by atoms with E-state index in [1.54, 1.807) is 0 Å². The average molecular weight is 502 g/mol. The Morgan fingerprint density at radius 2 is 1.18 bits per heavy atom. The number of anilines is 2.